The minimum Gasteiger partial charge on any atom is -0.415 e. The molecule has 80 valence electrons. The van der Waals surface area contributed by atoms with Crippen LogP contribution in [0.2, 0.25) is 0 Å². The summed E-state index contributed by atoms with van der Waals surface area (Å²) >= 11 is 0. The number of imidazole rings is 1. The highest BCUT2D eigenvalue weighted by molar-refractivity contribution is 5.70. The van der Waals surface area contributed by atoms with E-state index in [1.807, 2.05) is 6.92 Å². The predicted molar refractivity (Wildman–Crippen MR) is 54.4 cm³/mol. The number of hydrogen-bond acceptors (Lipinski definition) is 5. The largest absolute Gasteiger partial charge is 0.415 e. The fourth-order valence-electron chi connectivity index (χ4n) is 1.44. The van der Waals surface area contributed by atoms with Gasteiger partial charge in [-0.15, -0.1) is 0 Å². The van der Waals surface area contributed by atoms with Crippen molar-refractivity contribution in [3.8, 4) is 0 Å². The lowest BCUT2D eigenvalue weighted by Gasteiger charge is -2.06. The van der Waals surface area contributed by atoms with Gasteiger partial charge in [0.2, 0.25) is 5.95 Å². The number of fused-ring (bicyclic) bond motifs is 1. The molecule has 2 heterocycles. The van der Waals surface area contributed by atoms with Crippen LogP contribution in [0.4, 0.5) is 5.95 Å². The van der Waals surface area contributed by atoms with Crippen molar-refractivity contribution in [3.63, 3.8) is 0 Å². The molecule has 0 aliphatic heterocycles. The van der Waals surface area contributed by atoms with Gasteiger partial charge in [0.25, 0.3) is 5.56 Å². The highest BCUT2D eigenvalue weighted by atomic mass is 16.6. The van der Waals surface area contributed by atoms with Crippen LogP contribution >= 0.6 is 0 Å². The molecule has 0 bridgehead atoms. The van der Waals surface area contributed by atoms with Gasteiger partial charge in [0.05, 0.1) is 0 Å². The highest BCUT2D eigenvalue weighted by Crippen LogP contribution is 2.06. The smallest absolute Gasteiger partial charge is 0.284 e. The zero-order chi connectivity index (χ0) is 11.0. The molecule has 0 radical (unpaired) electrons. The molecule has 2 aromatic heterocycles. The average molecular weight is 209 g/mol. The third kappa shape index (κ3) is 1.24. The lowest BCUT2D eigenvalue weighted by Crippen LogP contribution is -2.26. The number of rotatable bonds is 2. The van der Waals surface area contributed by atoms with Crippen molar-refractivity contribution in [3.05, 3.63) is 16.7 Å². The molecule has 2 aromatic rings. The van der Waals surface area contributed by atoms with E-state index in [0.29, 0.717) is 17.7 Å². The molecule has 0 unspecified atom stereocenters. The van der Waals surface area contributed by atoms with Gasteiger partial charge < -0.3 is 10.6 Å². The molecule has 15 heavy (non-hydrogen) atoms. The normalized spacial score (nSPS) is 10.8. The number of nitrogen functional groups attached to an aromatic ring is 1. The van der Waals surface area contributed by atoms with Crippen LogP contribution in [0.15, 0.2) is 11.1 Å². The van der Waals surface area contributed by atoms with Gasteiger partial charge in [-0.3, -0.25) is 9.36 Å². The van der Waals surface area contributed by atoms with Crippen LogP contribution in [-0.4, -0.2) is 26.4 Å². The molecule has 0 spiro atoms. The number of aromatic nitrogens is 4. The van der Waals surface area contributed by atoms with Gasteiger partial charge in [-0.1, -0.05) is 0 Å². The number of hydrogen-bond donors (Lipinski definition) is 1. The summed E-state index contributed by atoms with van der Waals surface area (Å²) in [4.78, 5) is 24.8. The molecule has 0 aliphatic rings. The number of anilines is 1. The van der Waals surface area contributed by atoms with Crippen molar-refractivity contribution >= 4 is 17.1 Å². The second-order valence-electron chi connectivity index (χ2n) is 2.94. The third-order valence-corrected chi connectivity index (χ3v) is 2.17. The van der Waals surface area contributed by atoms with Crippen molar-refractivity contribution < 1.29 is 4.84 Å². The summed E-state index contributed by atoms with van der Waals surface area (Å²) in [6, 6.07) is 0. The lowest BCUT2D eigenvalue weighted by atomic mass is 10.5. The zero-order valence-electron chi connectivity index (χ0n) is 8.47. The van der Waals surface area contributed by atoms with E-state index in [2.05, 4.69) is 9.97 Å². The van der Waals surface area contributed by atoms with Crippen molar-refractivity contribution in [2.24, 2.45) is 0 Å². The summed E-state index contributed by atoms with van der Waals surface area (Å²) in [7, 11) is 1.45. The summed E-state index contributed by atoms with van der Waals surface area (Å²) in [5.74, 6) is 0.163. The van der Waals surface area contributed by atoms with E-state index in [1.54, 1.807) is 0 Å². The van der Waals surface area contributed by atoms with E-state index < -0.39 is 0 Å². The van der Waals surface area contributed by atoms with Crippen molar-refractivity contribution in [2.75, 3.05) is 12.8 Å². The Bertz CT molecular complexity index is 556. The Morgan fingerprint density at radius 3 is 2.93 bits per heavy atom. The van der Waals surface area contributed by atoms with Gasteiger partial charge in [-0.25, -0.2) is 4.98 Å². The molecule has 0 aromatic carbocycles. The van der Waals surface area contributed by atoms with Crippen LogP contribution < -0.4 is 16.1 Å². The Balaban J connectivity index is 2.90. The molecule has 0 amide bonds. The maximum Gasteiger partial charge on any atom is 0.284 e. The first-order valence-electron chi connectivity index (χ1n) is 4.46. The molecule has 7 nitrogen and oxygen atoms in total. The summed E-state index contributed by atoms with van der Waals surface area (Å²) in [5.41, 5.74) is 5.95. The first kappa shape index (κ1) is 9.50. The molecule has 0 fully saturated rings. The van der Waals surface area contributed by atoms with E-state index in [1.165, 1.54) is 22.7 Å². The van der Waals surface area contributed by atoms with Gasteiger partial charge >= 0.3 is 0 Å². The minimum absolute atomic E-state index is 0.163. The molecular formula is C8H11N5O2. The van der Waals surface area contributed by atoms with Gasteiger partial charge in [0.1, 0.15) is 13.4 Å². The molecule has 2 rings (SSSR count). The summed E-state index contributed by atoms with van der Waals surface area (Å²) in [5, 5.41) is 0. The Kier molecular flexibility index (Phi) is 2.07. The van der Waals surface area contributed by atoms with Crippen LogP contribution in [0.25, 0.3) is 11.2 Å². The molecular weight excluding hydrogens is 198 g/mol. The Morgan fingerprint density at radius 1 is 1.60 bits per heavy atom. The third-order valence-electron chi connectivity index (χ3n) is 2.17. The fourth-order valence-corrected chi connectivity index (χ4v) is 1.44. The fraction of sp³-hybridized carbons (Fsp3) is 0.375. The average Bonchev–Trinajstić information content (AvgIpc) is 2.61. The molecule has 2 N–H and O–H groups in total. The van der Waals surface area contributed by atoms with E-state index in [4.69, 9.17) is 10.6 Å². The summed E-state index contributed by atoms with van der Waals surface area (Å²) in [6.07, 6.45) is 1.39. The highest BCUT2D eigenvalue weighted by Gasteiger charge is 2.13. The summed E-state index contributed by atoms with van der Waals surface area (Å²) in [6.45, 7) is 2.28. The lowest BCUT2D eigenvalue weighted by molar-refractivity contribution is 0.176. The second-order valence-corrected chi connectivity index (χ2v) is 2.94. The van der Waals surface area contributed by atoms with Crippen LogP contribution in [0, 0.1) is 0 Å². The maximum absolute atomic E-state index is 11.9. The Morgan fingerprint density at radius 2 is 2.33 bits per heavy atom. The van der Waals surface area contributed by atoms with Crippen molar-refractivity contribution in [2.45, 2.75) is 13.5 Å². The predicted octanol–water partition coefficient (Wildman–Crippen LogP) is -0.746. The quantitative estimate of drug-likeness (QED) is 0.703. The van der Waals surface area contributed by atoms with Crippen molar-refractivity contribution in [1.29, 1.82) is 0 Å². The topological polar surface area (TPSA) is 88.0 Å². The van der Waals surface area contributed by atoms with Crippen LogP contribution in [0.5, 0.6) is 0 Å². The van der Waals surface area contributed by atoms with Crippen LogP contribution in [0.1, 0.15) is 6.92 Å². The van der Waals surface area contributed by atoms with E-state index in [0.717, 1.165) is 0 Å². The minimum atomic E-state index is -0.251. The van der Waals surface area contributed by atoms with Crippen molar-refractivity contribution in [1.82, 2.24) is 19.3 Å². The monoisotopic (exact) mass is 209 g/mol. The molecule has 7 heteroatoms. The zero-order valence-corrected chi connectivity index (χ0v) is 8.47. The van der Waals surface area contributed by atoms with Crippen LogP contribution in [0.3, 0.4) is 0 Å². The van der Waals surface area contributed by atoms with E-state index in [-0.39, 0.29) is 11.5 Å². The standard InChI is InChI=1S/C8H11N5O2/c1-3-12-7(14)5-6(11-8(12)9)10-4-13(5)15-2/h4H,3H2,1-2H3,(H2,9,11). The molecule has 0 atom stereocenters. The Hall–Kier alpha value is -2.05. The van der Waals surface area contributed by atoms with Gasteiger partial charge in [-0.2, -0.15) is 9.71 Å². The molecule has 0 saturated heterocycles. The molecule has 0 saturated carbocycles. The SMILES string of the molecule is CCn1c(N)nc2ncn(OC)c2c1=O. The summed E-state index contributed by atoms with van der Waals surface area (Å²) < 4.78 is 2.63. The second kappa shape index (κ2) is 3.26. The Labute approximate surface area is 85.1 Å². The maximum atomic E-state index is 11.9. The molecule has 0 aliphatic carbocycles. The first-order chi connectivity index (χ1) is 7.19. The number of nitrogens with two attached hydrogens (primary N) is 1. The van der Waals surface area contributed by atoms with Gasteiger partial charge in [0, 0.05) is 6.54 Å². The van der Waals surface area contributed by atoms with Gasteiger partial charge in [0.15, 0.2) is 11.2 Å². The number of nitrogens with zero attached hydrogens (tertiary/aromatic N) is 4. The van der Waals surface area contributed by atoms with E-state index >= 15 is 0 Å². The van der Waals surface area contributed by atoms with E-state index in [9.17, 15) is 4.79 Å². The first-order valence-corrected chi connectivity index (χ1v) is 4.46. The van der Waals surface area contributed by atoms with Crippen LogP contribution in [-0.2, 0) is 6.54 Å². The van der Waals surface area contributed by atoms with Gasteiger partial charge in [-0.05, 0) is 6.92 Å².